The number of hydrogen-bond acceptors (Lipinski definition) is 5. The lowest BCUT2D eigenvalue weighted by atomic mass is 10.0. The predicted octanol–water partition coefficient (Wildman–Crippen LogP) is 3.86. The Morgan fingerprint density at radius 2 is 1.48 bits per heavy atom. The first-order valence-corrected chi connectivity index (χ1v) is 10.4. The Kier molecular flexibility index (Phi) is 11.6. The van der Waals surface area contributed by atoms with Crippen molar-refractivity contribution in [3.05, 3.63) is 71.8 Å². The third-order valence-corrected chi connectivity index (χ3v) is 4.98. The van der Waals surface area contributed by atoms with E-state index in [1.807, 2.05) is 12.1 Å². The minimum atomic E-state index is -0.0304. The van der Waals surface area contributed by atoms with Crippen LogP contribution in [0, 0.1) is 0 Å². The van der Waals surface area contributed by atoms with Gasteiger partial charge in [0.2, 0.25) is 0 Å². The molecule has 29 heavy (non-hydrogen) atoms. The van der Waals surface area contributed by atoms with Crippen LogP contribution in [0.25, 0.3) is 0 Å². The van der Waals surface area contributed by atoms with E-state index in [-0.39, 0.29) is 25.5 Å². The fourth-order valence-electron chi connectivity index (χ4n) is 3.50. The predicted molar refractivity (Wildman–Crippen MR) is 115 cm³/mol. The van der Waals surface area contributed by atoms with E-state index in [0.29, 0.717) is 19.6 Å². The highest BCUT2D eigenvalue weighted by atomic mass is 16.7. The van der Waals surface area contributed by atoms with Gasteiger partial charge in [0.05, 0.1) is 19.3 Å². The molecule has 5 nitrogen and oxygen atoms in total. The summed E-state index contributed by atoms with van der Waals surface area (Å²) in [5, 5.41) is 9.77. The Morgan fingerprint density at radius 1 is 0.897 bits per heavy atom. The third-order valence-electron chi connectivity index (χ3n) is 4.98. The fraction of sp³-hybridized carbons (Fsp3) is 0.500. The maximum absolute atomic E-state index is 9.77. The average molecular weight is 402 g/mol. The van der Waals surface area contributed by atoms with E-state index in [1.54, 1.807) is 7.11 Å². The molecule has 0 amide bonds. The fourth-order valence-corrected chi connectivity index (χ4v) is 3.50. The second-order valence-electron chi connectivity index (χ2n) is 7.09. The van der Waals surface area contributed by atoms with Crippen LogP contribution in [0.15, 0.2) is 60.7 Å². The minimum Gasteiger partial charge on any atom is -0.396 e. The first-order valence-electron chi connectivity index (χ1n) is 10.4. The molecule has 0 bridgehead atoms. The van der Waals surface area contributed by atoms with Gasteiger partial charge in [-0.25, -0.2) is 0 Å². The van der Waals surface area contributed by atoms with Crippen molar-refractivity contribution in [2.75, 3.05) is 33.7 Å². The number of aliphatic hydroxyl groups excluding tert-OH is 1. The number of rotatable bonds is 15. The van der Waals surface area contributed by atoms with Gasteiger partial charge < -0.3 is 19.3 Å². The molecule has 0 aromatic heterocycles. The monoisotopic (exact) mass is 401 g/mol. The van der Waals surface area contributed by atoms with Crippen LogP contribution in [0.3, 0.4) is 0 Å². The van der Waals surface area contributed by atoms with Crippen LogP contribution in [-0.2, 0) is 27.3 Å². The Balaban J connectivity index is 2.14. The van der Waals surface area contributed by atoms with Crippen molar-refractivity contribution < 1.29 is 19.3 Å². The summed E-state index contributed by atoms with van der Waals surface area (Å²) < 4.78 is 16.6. The largest absolute Gasteiger partial charge is 0.396 e. The molecule has 0 aliphatic carbocycles. The molecule has 0 unspecified atom stereocenters. The lowest BCUT2D eigenvalue weighted by Crippen LogP contribution is -2.44. The molecule has 2 rings (SSSR count). The number of benzene rings is 2. The molecule has 0 spiro atoms. The zero-order chi connectivity index (χ0) is 20.7. The summed E-state index contributed by atoms with van der Waals surface area (Å²) in [6.45, 7) is 5.12. The highest BCUT2D eigenvalue weighted by molar-refractivity contribution is 5.17. The van der Waals surface area contributed by atoms with Crippen LogP contribution in [0.1, 0.15) is 30.9 Å². The molecule has 0 aliphatic rings. The number of ether oxygens (including phenoxy) is 3. The molecule has 1 N–H and O–H groups in total. The zero-order valence-corrected chi connectivity index (χ0v) is 17.7. The number of aliphatic hydroxyl groups is 1. The Bertz CT molecular complexity index is 596. The average Bonchev–Trinajstić information content (AvgIpc) is 2.76. The smallest absolute Gasteiger partial charge is 0.147 e. The first-order chi connectivity index (χ1) is 14.3. The van der Waals surface area contributed by atoms with Crippen LogP contribution < -0.4 is 0 Å². The summed E-state index contributed by atoms with van der Waals surface area (Å²) in [4.78, 5) is 2.41. The van der Waals surface area contributed by atoms with Crippen molar-refractivity contribution in [2.45, 2.75) is 45.0 Å². The van der Waals surface area contributed by atoms with Gasteiger partial charge in [0.1, 0.15) is 6.79 Å². The summed E-state index contributed by atoms with van der Waals surface area (Å²) in [6, 6.07) is 21.0. The summed E-state index contributed by atoms with van der Waals surface area (Å²) in [5.41, 5.74) is 2.50. The molecule has 2 atom stereocenters. The zero-order valence-electron chi connectivity index (χ0n) is 17.7. The van der Waals surface area contributed by atoms with Crippen molar-refractivity contribution >= 4 is 0 Å². The van der Waals surface area contributed by atoms with E-state index >= 15 is 0 Å². The molecule has 5 heteroatoms. The van der Waals surface area contributed by atoms with E-state index in [4.69, 9.17) is 14.2 Å². The van der Waals surface area contributed by atoms with Gasteiger partial charge in [0, 0.05) is 32.8 Å². The number of nitrogens with zero attached hydrogens (tertiary/aromatic N) is 1. The van der Waals surface area contributed by atoms with Crippen LogP contribution >= 0.6 is 0 Å². The van der Waals surface area contributed by atoms with Crippen molar-refractivity contribution in [3.63, 3.8) is 0 Å². The van der Waals surface area contributed by atoms with Crippen molar-refractivity contribution in [3.8, 4) is 0 Å². The van der Waals surface area contributed by atoms with Crippen LogP contribution in [0.4, 0.5) is 0 Å². The van der Waals surface area contributed by atoms with Gasteiger partial charge in [-0.15, -0.1) is 0 Å². The normalized spacial score (nSPS) is 13.5. The van der Waals surface area contributed by atoms with Crippen molar-refractivity contribution in [2.24, 2.45) is 0 Å². The topological polar surface area (TPSA) is 51.2 Å². The van der Waals surface area contributed by atoms with Crippen LogP contribution in [0.5, 0.6) is 0 Å². The SMILES string of the molecule is CC[C@@H](OCOCCOC)[C@H](CCO)N(Cc1ccccc1)Cc1ccccc1. The molecular formula is C24H35NO4. The van der Waals surface area contributed by atoms with Gasteiger partial charge in [0.25, 0.3) is 0 Å². The Morgan fingerprint density at radius 3 is 1.97 bits per heavy atom. The van der Waals surface area contributed by atoms with Crippen molar-refractivity contribution in [1.29, 1.82) is 0 Å². The van der Waals surface area contributed by atoms with E-state index in [1.165, 1.54) is 11.1 Å². The van der Waals surface area contributed by atoms with Gasteiger partial charge in [-0.2, -0.15) is 0 Å². The quantitative estimate of drug-likeness (QED) is 0.363. The lowest BCUT2D eigenvalue weighted by molar-refractivity contribution is -0.124. The summed E-state index contributed by atoms with van der Waals surface area (Å²) >= 11 is 0. The summed E-state index contributed by atoms with van der Waals surface area (Å²) in [6.07, 6.45) is 1.46. The summed E-state index contributed by atoms with van der Waals surface area (Å²) in [7, 11) is 1.65. The number of hydrogen-bond donors (Lipinski definition) is 1. The van der Waals surface area contributed by atoms with E-state index in [0.717, 1.165) is 19.5 Å². The molecule has 0 radical (unpaired) electrons. The maximum atomic E-state index is 9.77. The van der Waals surface area contributed by atoms with Gasteiger partial charge in [-0.05, 0) is 24.0 Å². The lowest BCUT2D eigenvalue weighted by Gasteiger charge is -2.36. The maximum Gasteiger partial charge on any atom is 0.147 e. The Hall–Kier alpha value is -1.76. The molecule has 0 saturated heterocycles. The van der Waals surface area contributed by atoms with Gasteiger partial charge in [-0.3, -0.25) is 4.90 Å². The molecule has 0 aliphatic heterocycles. The minimum absolute atomic E-state index is 0.0304. The molecular weight excluding hydrogens is 366 g/mol. The first kappa shape index (κ1) is 23.5. The second kappa shape index (κ2) is 14.3. The molecule has 160 valence electrons. The van der Waals surface area contributed by atoms with E-state index in [2.05, 4.69) is 60.4 Å². The van der Waals surface area contributed by atoms with Gasteiger partial charge in [-0.1, -0.05) is 67.6 Å². The molecule has 0 fully saturated rings. The molecule has 0 heterocycles. The van der Waals surface area contributed by atoms with Crippen molar-refractivity contribution in [1.82, 2.24) is 4.90 Å². The third kappa shape index (κ3) is 8.64. The molecule has 2 aromatic rings. The Labute approximate surface area is 175 Å². The molecule has 2 aromatic carbocycles. The van der Waals surface area contributed by atoms with Gasteiger partial charge in [0.15, 0.2) is 0 Å². The summed E-state index contributed by atoms with van der Waals surface area (Å²) in [5.74, 6) is 0. The van der Waals surface area contributed by atoms with Gasteiger partial charge >= 0.3 is 0 Å². The molecule has 0 saturated carbocycles. The highest BCUT2D eigenvalue weighted by Crippen LogP contribution is 2.21. The van der Waals surface area contributed by atoms with Crippen LogP contribution in [0.2, 0.25) is 0 Å². The highest BCUT2D eigenvalue weighted by Gasteiger charge is 2.27. The standard InChI is InChI=1S/C24H35NO4/c1-3-24(29-20-28-17-16-27-2)23(14-15-26)25(18-21-10-6-4-7-11-21)19-22-12-8-5-9-13-22/h4-13,23-24,26H,3,14-20H2,1-2H3/t23-,24+/m0/s1. The number of methoxy groups -OCH3 is 1. The van der Waals surface area contributed by atoms with E-state index in [9.17, 15) is 5.11 Å². The van der Waals surface area contributed by atoms with Crippen LogP contribution in [-0.4, -0.2) is 55.9 Å². The second-order valence-corrected chi connectivity index (χ2v) is 7.09. The van der Waals surface area contributed by atoms with E-state index < -0.39 is 0 Å².